The number of carbonyl (C=O) groups excluding carboxylic acids is 2. The van der Waals surface area contributed by atoms with Crippen molar-refractivity contribution in [2.75, 3.05) is 11.9 Å². The van der Waals surface area contributed by atoms with Crippen LogP contribution in [0.1, 0.15) is 5.76 Å². The molecule has 0 aliphatic rings. The molecule has 1 aromatic heterocycles. The van der Waals surface area contributed by atoms with E-state index in [-0.39, 0.29) is 0 Å². The van der Waals surface area contributed by atoms with Gasteiger partial charge in [-0.15, -0.1) is 0 Å². The fourth-order valence-electron chi connectivity index (χ4n) is 2.14. The van der Waals surface area contributed by atoms with E-state index in [2.05, 4.69) is 15.5 Å². The van der Waals surface area contributed by atoms with Gasteiger partial charge in [-0.3, -0.25) is 4.79 Å². The average molecular weight is 375 g/mol. The summed E-state index contributed by atoms with van der Waals surface area (Å²) < 4.78 is 9.92. The van der Waals surface area contributed by atoms with Gasteiger partial charge in [-0.1, -0.05) is 18.2 Å². The SMILES string of the molecule is O=C(COC(=O)C=Cc1ccco1)Nc1ccc(N=Nc2ccccc2)cc1. The van der Waals surface area contributed by atoms with Gasteiger partial charge in [0.25, 0.3) is 5.91 Å². The summed E-state index contributed by atoms with van der Waals surface area (Å²) in [5.41, 5.74) is 1.96. The largest absolute Gasteiger partial charge is 0.465 e. The number of hydrogen-bond donors (Lipinski definition) is 1. The zero-order chi connectivity index (χ0) is 19.6. The van der Waals surface area contributed by atoms with E-state index in [0.717, 1.165) is 5.69 Å². The molecule has 140 valence electrons. The smallest absolute Gasteiger partial charge is 0.331 e. The van der Waals surface area contributed by atoms with Crippen molar-refractivity contribution >= 4 is 35.0 Å². The molecule has 0 atom stereocenters. The summed E-state index contributed by atoms with van der Waals surface area (Å²) in [6, 6.07) is 19.6. The van der Waals surface area contributed by atoms with Gasteiger partial charge in [0.05, 0.1) is 17.6 Å². The quantitative estimate of drug-likeness (QED) is 0.361. The van der Waals surface area contributed by atoms with Crippen LogP contribution in [0.4, 0.5) is 17.1 Å². The number of amides is 1. The third-order valence-electron chi connectivity index (χ3n) is 3.46. The van der Waals surface area contributed by atoms with E-state index in [4.69, 9.17) is 9.15 Å². The zero-order valence-electron chi connectivity index (χ0n) is 14.8. The van der Waals surface area contributed by atoms with Crippen LogP contribution in [-0.2, 0) is 14.3 Å². The molecule has 2 aromatic carbocycles. The van der Waals surface area contributed by atoms with Crippen molar-refractivity contribution < 1.29 is 18.7 Å². The average Bonchev–Trinajstić information content (AvgIpc) is 3.25. The standard InChI is InChI=1S/C21H17N3O4/c25-20(15-28-21(26)13-12-19-7-4-14-27-19)22-16-8-10-18(11-9-16)24-23-17-5-2-1-3-6-17/h1-14H,15H2,(H,22,25). The minimum absolute atomic E-state index is 0.392. The Hall–Kier alpha value is -4.00. The number of nitrogens with zero attached hydrogens (tertiary/aromatic N) is 2. The lowest BCUT2D eigenvalue weighted by atomic mass is 10.3. The summed E-state index contributed by atoms with van der Waals surface area (Å²) in [6.07, 6.45) is 4.15. The van der Waals surface area contributed by atoms with E-state index >= 15 is 0 Å². The zero-order valence-corrected chi connectivity index (χ0v) is 14.8. The van der Waals surface area contributed by atoms with Crippen molar-refractivity contribution in [2.45, 2.75) is 0 Å². The van der Waals surface area contributed by atoms with Crippen LogP contribution in [0.25, 0.3) is 6.08 Å². The highest BCUT2D eigenvalue weighted by Gasteiger charge is 2.06. The molecular formula is C21H17N3O4. The van der Waals surface area contributed by atoms with Crippen molar-refractivity contribution in [3.8, 4) is 0 Å². The first-order chi connectivity index (χ1) is 13.7. The van der Waals surface area contributed by atoms with Crippen molar-refractivity contribution in [3.05, 3.63) is 84.8 Å². The predicted octanol–water partition coefficient (Wildman–Crippen LogP) is 4.89. The van der Waals surface area contributed by atoms with Gasteiger partial charge in [0.1, 0.15) is 5.76 Å². The number of benzene rings is 2. The molecule has 28 heavy (non-hydrogen) atoms. The van der Waals surface area contributed by atoms with Gasteiger partial charge in [-0.25, -0.2) is 4.79 Å². The minimum atomic E-state index is -0.636. The highest BCUT2D eigenvalue weighted by molar-refractivity contribution is 5.94. The lowest BCUT2D eigenvalue weighted by molar-refractivity contribution is -0.142. The predicted molar refractivity (Wildman–Crippen MR) is 104 cm³/mol. The van der Waals surface area contributed by atoms with Gasteiger partial charge < -0.3 is 14.5 Å². The lowest BCUT2D eigenvalue weighted by Gasteiger charge is -2.05. The summed E-state index contributed by atoms with van der Waals surface area (Å²) >= 11 is 0. The third-order valence-corrected chi connectivity index (χ3v) is 3.46. The van der Waals surface area contributed by atoms with Crippen molar-refractivity contribution in [3.63, 3.8) is 0 Å². The number of azo groups is 1. The monoisotopic (exact) mass is 375 g/mol. The molecule has 1 N–H and O–H groups in total. The fourth-order valence-corrected chi connectivity index (χ4v) is 2.14. The normalized spacial score (nSPS) is 11.0. The van der Waals surface area contributed by atoms with Crippen LogP contribution >= 0.6 is 0 Å². The number of rotatable bonds is 7. The van der Waals surface area contributed by atoms with Gasteiger partial charge in [-0.2, -0.15) is 10.2 Å². The van der Waals surface area contributed by atoms with E-state index < -0.39 is 18.5 Å². The van der Waals surface area contributed by atoms with Gasteiger partial charge in [0, 0.05) is 11.8 Å². The molecule has 3 rings (SSSR count). The molecular weight excluding hydrogens is 358 g/mol. The number of anilines is 1. The Labute approximate surface area is 161 Å². The molecule has 0 aliphatic heterocycles. The van der Waals surface area contributed by atoms with Crippen LogP contribution < -0.4 is 5.32 Å². The number of carbonyl (C=O) groups is 2. The highest BCUT2D eigenvalue weighted by atomic mass is 16.5. The third kappa shape index (κ3) is 6.06. The number of nitrogens with one attached hydrogen (secondary N) is 1. The molecule has 3 aromatic rings. The molecule has 0 unspecified atom stereocenters. The Morgan fingerprint density at radius 2 is 1.64 bits per heavy atom. The Morgan fingerprint density at radius 1 is 0.929 bits per heavy atom. The minimum Gasteiger partial charge on any atom is -0.465 e. The Morgan fingerprint density at radius 3 is 2.32 bits per heavy atom. The number of esters is 1. The van der Waals surface area contributed by atoms with Crippen LogP contribution in [0.2, 0.25) is 0 Å². The lowest BCUT2D eigenvalue weighted by Crippen LogP contribution is -2.20. The molecule has 0 saturated carbocycles. The molecule has 0 spiro atoms. The van der Waals surface area contributed by atoms with Gasteiger partial charge in [0.15, 0.2) is 6.61 Å². The number of hydrogen-bond acceptors (Lipinski definition) is 6. The molecule has 7 heteroatoms. The summed E-state index contributed by atoms with van der Waals surface area (Å²) in [4.78, 5) is 23.4. The highest BCUT2D eigenvalue weighted by Crippen LogP contribution is 2.20. The van der Waals surface area contributed by atoms with Crippen LogP contribution in [0, 0.1) is 0 Å². The number of furan rings is 1. The van der Waals surface area contributed by atoms with E-state index in [1.165, 1.54) is 18.4 Å². The van der Waals surface area contributed by atoms with Gasteiger partial charge in [0.2, 0.25) is 0 Å². The van der Waals surface area contributed by atoms with Crippen molar-refractivity contribution in [1.82, 2.24) is 0 Å². The first-order valence-corrected chi connectivity index (χ1v) is 8.44. The molecule has 0 saturated heterocycles. The summed E-state index contributed by atoms with van der Waals surface area (Å²) in [5, 5.41) is 10.9. The summed E-state index contributed by atoms with van der Waals surface area (Å²) in [6.45, 7) is -0.392. The van der Waals surface area contributed by atoms with Crippen molar-refractivity contribution in [2.24, 2.45) is 10.2 Å². The van der Waals surface area contributed by atoms with Crippen LogP contribution in [-0.4, -0.2) is 18.5 Å². The fraction of sp³-hybridized carbons (Fsp3) is 0.0476. The van der Waals surface area contributed by atoms with Crippen LogP contribution in [0.5, 0.6) is 0 Å². The van der Waals surface area contributed by atoms with E-state index in [1.807, 2.05) is 30.3 Å². The van der Waals surface area contributed by atoms with Gasteiger partial charge >= 0.3 is 5.97 Å². The maximum absolute atomic E-state index is 11.9. The second kappa shape index (κ2) is 9.63. The first-order valence-electron chi connectivity index (χ1n) is 8.44. The Balaban J connectivity index is 1.45. The van der Waals surface area contributed by atoms with E-state index in [1.54, 1.807) is 36.4 Å². The van der Waals surface area contributed by atoms with Crippen LogP contribution in [0.15, 0.2) is 93.7 Å². The maximum Gasteiger partial charge on any atom is 0.331 e. The molecule has 1 heterocycles. The van der Waals surface area contributed by atoms with E-state index in [9.17, 15) is 9.59 Å². The van der Waals surface area contributed by atoms with Gasteiger partial charge in [-0.05, 0) is 54.6 Å². The molecule has 0 aliphatic carbocycles. The number of ether oxygens (including phenoxy) is 1. The molecule has 7 nitrogen and oxygen atoms in total. The van der Waals surface area contributed by atoms with Crippen LogP contribution in [0.3, 0.4) is 0 Å². The maximum atomic E-state index is 11.9. The molecule has 1 amide bonds. The molecule has 0 radical (unpaired) electrons. The van der Waals surface area contributed by atoms with Crippen molar-refractivity contribution in [1.29, 1.82) is 0 Å². The summed E-state index contributed by atoms with van der Waals surface area (Å²) in [7, 11) is 0. The Kier molecular flexibility index (Phi) is 6.46. The first kappa shape index (κ1) is 18.8. The summed E-state index contributed by atoms with van der Waals surface area (Å²) in [5.74, 6) is -0.562. The van der Waals surface area contributed by atoms with E-state index in [0.29, 0.717) is 17.1 Å². The molecule has 0 fully saturated rings. The second-order valence-electron chi connectivity index (χ2n) is 5.59. The molecule has 0 bridgehead atoms. The second-order valence-corrected chi connectivity index (χ2v) is 5.59. The Bertz CT molecular complexity index is 963. The topological polar surface area (TPSA) is 93.3 Å².